The molecule has 13 N–H and O–H groups in total. The minimum atomic E-state index is -1.28. The van der Waals surface area contributed by atoms with Gasteiger partial charge in [-0.1, -0.05) is 18.2 Å². The smallest absolute Gasteiger partial charge is 0.326 e. The van der Waals surface area contributed by atoms with E-state index in [1.165, 1.54) is 0 Å². The Balaban J connectivity index is 2.05. The number of nitrogens with two attached hydrogens (primary N) is 4. The molecule has 3 atom stereocenters. The molecule has 0 saturated carbocycles. The van der Waals surface area contributed by atoms with E-state index in [0.29, 0.717) is 12.0 Å². The maximum atomic E-state index is 13.1. The zero-order valence-corrected chi connectivity index (χ0v) is 21.3. The van der Waals surface area contributed by atoms with Gasteiger partial charge in [-0.3, -0.25) is 24.2 Å². The van der Waals surface area contributed by atoms with Crippen LogP contribution in [0.3, 0.4) is 0 Å². The Labute approximate surface area is 224 Å². The van der Waals surface area contributed by atoms with Gasteiger partial charge in [-0.2, -0.15) is 0 Å². The fraction of sp³-hybridized carbons (Fsp3) is 0.417. The molecule has 0 bridgehead atoms. The highest BCUT2D eigenvalue weighted by atomic mass is 16.4. The first-order valence-electron chi connectivity index (χ1n) is 12.2. The van der Waals surface area contributed by atoms with Crippen molar-refractivity contribution in [3.05, 3.63) is 36.0 Å². The molecule has 0 aliphatic heterocycles. The summed E-state index contributed by atoms with van der Waals surface area (Å²) in [6.07, 6.45) is 1.96. The quantitative estimate of drug-likeness (QED) is 0.0613. The van der Waals surface area contributed by atoms with Crippen LogP contribution in [-0.4, -0.2) is 76.9 Å². The molecule has 0 aliphatic rings. The van der Waals surface area contributed by atoms with Crippen LogP contribution in [-0.2, 0) is 30.4 Å². The average molecular weight is 546 g/mol. The summed E-state index contributed by atoms with van der Waals surface area (Å²) in [6.45, 7) is -0.330. The minimum Gasteiger partial charge on any atom is -0.480 e. The van der Waals surface area contributed by atoms with Crippen molar-refractivity contribution in [2.45, 2.75) is 50.2 Å². The number of aromatic nitrogens is 1. The Hall–Kier alpha value is -4.66. The normalized spacial score (nSPS) is 13.1. The van der Waals surface area contributed by atoms with Gasteiger partial charge in [-0.05, 0) is 30.9 Å². The molecule has 2 aromatic rings. The van der Waals surface area contributed by atoms with E-state index in [1.54, 1.807) is 6.20 Å². The van der Waals surface area contributed by atoms with Crippen molar-refractivity contribution in [3.63, 3.8) is 0 Å². The predicted molar refractivity (Wildman–Crippen MR) is 143 cm³/mol. The largest absolute Gasteiger partial charge is 0.480 e. The summed E-state index contributed by atoms with van der Waals surface area (Å²) >= 11 is 0. The number of carbonyl (C=O) groups is 5. The number of benzene rings is 1. The summed E-state index contributed by atoms with van der Waals surface area (Å²) in [6, 6.07) is 3.87. The number of guanidine groups is 1. The lowest BCUT2D eigenvalue weighted by Gasteiger charge is -2.22. The molecule has 2 rings (SSSR count). The fourth-order valence-corrected chi connectivity index (χ4v) is 3.74. The van der Waals surface area contributed by atoms with E-state index in [1.807, 2.05) is 24.3 Å². The topological polar surface area (TPSA) is 274 Å². The Morgan fingerprint density at radius 1 is 0.974 bits per heavy atom. The molecule has 3 unspecified atom stereocenters. The van der Waals surface area contributed by atoms with Gasteiger partial charge in [0.15, 0.2) is 5.96 Å². The number of nitrogens with one attached hydrogen (secondary N) is 4. The first kappa shape index (κ1) is 30.6. The second-order valence-electron chi connectivity index (χ2n) is 8.86. The van der Waals surface area contributed by atoms with Gasteiger partial charge >= 0.3 is 5.97 Å². The Morgan fingerprint density at radius 3 is 2.36 bits per heavy atom. The highest BCUT2D eigenvalue weighted by Crippen LogP contribution is 2.19. The number of nitrogens with zero attached hydrogens (tertiary/aromatic N) is 1. The molecule has 39 heavy (non-hydrogen) atoms. The third kappa shape index (κ3) is 10.3. The zero-order valence-electron chi connectivity index (χ0n) is 21.3. The van der Waals surface area contributed by atoms with Crippen LogP contribution in [0.2, 0.25) is 0 Å². The number of primary amides is 1. The number of rotatable bonds is 16. The van der Waals surface area contributed by atoms with Crippen LogP contribution in [0, 0.1) is 0 Å². The molecule has 0 saturated heterocycles. The van der Waals surface area contributed by atoms with Crippen molar-refractivity contribution in [2.75, 3.05) is 13.1 Å². The van der Waals surface area contributed by atoms with Gasteiger partial charge < -0.3 is 49.0 Å². The number of hydrogen-bond acceptors (Lipinski definition) is 7. The number of amides is 4. The Morgan fingerprint density at radius 2 is 1.69 bits per heavy atom. The summed E-state index contributed by atoms with van der Waals surface area (Å²) in [4.78, 5) is 67.4. The molecule has 1 aromatic carbocycles. The summed E-state index contributed by atoms with van der Waals surface area (Å²) in [5, 5.41) is 17.9. The highest BCUT2D eigenvalue weighted by molar-refractivity contribution is 5.93. The van der Waals surface area contributed by atoms with E-state index < -0.39 is 54.3 Å². The van der Waals surface area contributed by atoms with Gasteiger partial charge in [0.25, 0.3) is 0 Å². The van der Waals surface area contributed by atoms with Crippen LogP contribution < -0.4 is 38.9 Å². The van der Waals surface area contributed by atoms with Crippen LogP contribution in [0.1, 0.15) is 31.2 Å². The summed E-state index contributed by atoms with van der Waals surface area (Å²) in [5.41, 5.74) is 22.9. The van der Waals surface area contributed by atoms with Crippen molar-refractivity contribution < 1.29 is 29.1 Å². The van der Waals surface area contributed by atoms with Crippen LogP contribution in [0.4, 0.5) is 0 Å². The number of aliphatic carboxylic acids is 1. The first-order valence-corrected chi connectivity index (χ1v) is 12.2. The number of H-pyrrole nitrogens is 1. The number of carboxylic acids is 1. The van der Waals surface area contributed by atoms with E-state index in [4.69, 9.17) is 22.9 Å². The molecule has 212 valence electrons. The van der Waals surface area contributed by atoms with E-state index in [-0.39, 0.29) is 38.2 Å². The average Bonchev–Trinajstić information content (AvgIpc) is 3.29. The SMILES string of the molecule is NC(=O)CCC(N)C(=O)NCC(=O)NC(CCCN=C(N)N)C(=O)NC(Cc1c[nH]c2ccccc12)C(=O)O. The summed E-state index contributed by atoms with van der Waals surface area (Å²) < 4.78 is 0. The lowest BCUT2D eigenvalue weighted by atomic mass is 10.0. The molecule has 0 aliphatic carbocycles. The monoisotopic (exact) mass is 545 g/mol. The Bertz CT molecular complexity index is 1210. The highest BCUT2D eigenvalue weighted by Gasteiger charge is 2.27. The second kappa shape index (κ2) is 14.9. The number of carbonyl (C=O) groups excluding carboxylic acids is 4. The number of para-hydroxylation sites is 1. The molecule has 15 heteroatoms. The van der Waals surface area contributed by atoms with Crippen molar-refractivity contribution in [3.8, 4) is 0 Å². The molecular weight excluding hydrogens is 510 g/mol. The predicted octanol–water partition coefficient (Wildman–Crippen LogP) is -2.47. The Kier molecular flexibility index (Phi) is 11.7. The number of fused-ring (bicyclic) bond motifs is 1. The molecule has 0 radical (unpaired) electrons. The third-order valence-corrected chi connectivity index (χ3v) is 5.77. The van der Waals surface area contributed by atoms with Gasteiger partial charge in [-0.25, -0.2) is 4.79 Å². The standard InChI is InChI=1S/C24H35N9O6/c25-15(7-8-19(26)34)21(36)31-12-20(35)32-17(6-3-9-29-24(27)28)22(37)33-18(23(38)39)10-13-11-30-16-5-2-1-4-14(13)16/h1-2,4-5,11,15,17-18,30H,3,6-10,12,25H2,(H2,26,34)(H,31,36)(H,32,35)(H,33,37)(H,38,39)(H4,27,28,29). The number of carboxylic acid groups (broad SMARTS) is 1. The van der Waals surface area contributed by atoms with E-state index in [0.717, 1.165) is 10.9 Å². The molecule has 15 nitrogen and oxygen atoms in total. The second-order valence-corrected chi connectivity index (χ2v) is 8.86. The van der Waals surface area contributed by atoms with Gasteiger partial charge in [0.2, 0.25) is 23.6 Å². The molecule has 1 heterocycles. The van der Waals surface area contributed by atoms with Crippen LogP contribution in [0.15, 0.2) is 35.5 Å². The molecule has 4 amide bonds. The van der Waals surface area contributed by atoms with Crippen molar-refractivity contribution in [1.29, 1.82) is 0 Å². The van der Waals surface area contributed by atoms with Gasteiger partial charge in [0, 0.05) is 36.5 Å². The summed E-state index contributed by atoms with van der Waals surface area (Å²) in [5.74, 6) is -4.13. The van der Waals surface area contributed by atoms with Crippen molar-refractivity contribution in [2.24, 2.45) is 27.9 Å². The van der Waals surface area contributed by atoms with Crippen LogP contribution >= 0.6 is 0 Å². The number of hydrogen-bond donors (Lipinski definition) is 9. The van der Waals surface area contributed by atoms with Crippen LogP contribution in [0.25, 0.3) is 10.9 Å². The molecule has 1 aromatic heterocycles. The minimum absolute atomic E-state index is 0.000990. The van der Waals surface area contributed by atoms with E-state index in [2.05, 4.69) is 25.9 Å². The third-order valence-electron chi connectivity index (χ3n) is 5.77. The number of aliphatic imine (C=N–C) groups is 1. The van der Waals surface area contributed by atoms with Gasteiger partial charge in [-0.15, -0.1) is 0 Å². The van der Waals surface area contributed by atoms with Crippen molar-refractivity contribution >= 4 is 46.5 Å². The number of aromatic amines is 1. The van der Waals surface area contributed by atoms with E-state index in [9.17, 15) is 29.1 Å². The molecule has 0 spiro atoms. The lowest BCUT2D eigenvalue weighted by Crippen LogP contribution is -2.54. The maximum Gasteiger partial charge on any atom is 0.326 e. The zero-order chi connectivity index (χ0) is 28.9. The van der Waals surface area contributed by atoms with Crippen molar-refractivity contribution in [1.82, 2.24) is 20.9 Å². The lowest BCUT2D eigenvalue weighted by molar-refractivity contribution is -0.142. The van der Waals surface area contributed by atoms with E-state index >= 15 is 0 Å². The fourth-order valence-electron chi connectivity index (χ4n) is 3.74. The first-order chi connectivity index (χ1) is 18.5. The van der Waals surface area contributed by atoms with Gasteiger partial charge in [0.1, 0.15) is 12.1 Å². The molecule has 0 fully saturated rings. The van der Waals surface area contributed by atoms with Crippen LogP contribution in [0.5, 0.6) is 0 Å². The van der Waals surface area contributed by atoms with Gasteiger partial charge in [0.05, 0.1) is 12.6 Å². The molecular formula is C24H35N9O6. The summed E-state index contributed by atoms with van der Waals surface area (Å²) in [7, 11) is 0. The maximum absolute atomic E-state index is 13.1.